The van der Waals surface area contributed by atoms with Crippen LogP contribution in [0.4, 0.5) is 14.9 Å². The topological polar surface area (TPSA) is 55.9 Å². The Morgan fingerprint density at radius 2 is 1.69 bits per heavy atom. The van der Waals surface area contributed by atoms with Crippen molar-refractivity contribution < 1.29 is 14.0 Å². The van der Waals surface area contributed by atoms with Crippen LogP contribution in [-0.4, -0.2) is 67.4 Å². The number of hydrogen-bond donors (Lipinski definition) is 1. The number of halogens is 1. The van der Waals surface area contributed by atoms with E-state index in [0.29, 0.717) is 44.0 Å². The molecule has 3 rings (SSSR count). The van der Waals surface area contributed by atoms with Crippen LogP contribution in [0.3, 0.4) is 0 Å². The van der Waals surface area contributed by atoms with Crippen molar-refractivity contribution in [3.05, 3.63) is 65.5 Å². The number of amides is 2. The lowest BCUT2D eigenvalue weighted by Crippen LogP contribution is -2.53. The van der Waals surface area contributed by atoms with E-state index in [1.54, 1.807) is 17.0 Å². The van der Waals surface area contributed by atoms with Gasteiger partial charge in [-0.05, 0) is 43.8 Å². The Kier molecular flexibility index (Phi) is 8.22. The van der Waals surface area contributed by atoms with E-state index in [2.05, 4.69) is 36.2 Å². The molecule has 0 radical (unpaired) electrons. The van der Waals surface area contributed by atoms with Crippen LogP contribution in [0.25, 0.3) is 0 Å². The summed E-state index contributed by atoms with van der Waals surface area (Å²) >= 11 is 0. The highest BCUT2D eigenvalue weighted by Gasteiger charge is 2.25. The molecular formula is C25H33FN4O2. The molecule has 2 aromatic rings. The lowest BCUT2D eigenvalue weighted by atomic mass is 10.1. The number of likely N-dealkylation sites (N-methyl/N-ethyl adjacent to an activating group) is 1. The number of rotatable bonds is 8. The third-order valence-corrected chi connectivity index (χ3v) is 6.15. The highest BCUT2D eigenvalue weighted by atomic mass is 19.1. The summed E-state index contributed by atoms with van der Waals surface area (Å²) in [5.41, 5.74) is 2.02. The Labute approximate surface area is 190 Å². The van der Waals surface area contributed by atoms with Crippen LogP contribution in [-0.2, 0) is 0 Å². The van der Waals surface area contributed by atoms with Gasteiger partial charge in [0.15, 0.2) is 5.78 Å². The standard InChI is InChI=1S/C25H33FN4O2/c1-4-28(5-2)24(20-9-7-6-8-10-20)18-27-25(32)30-15-13-29(14-16-30)23-12-11-21(19(3)31)17-22(23)26/h6-12,17,24H,4-5,13-16,18H2,1-3H3,(H,27,32). The number of urea groups is 1. The van der Waals surface area contributed by atoms with E-state index in [9.17, 15) is 14.0 Å². The number of piperazine rings is 1. The molecule has 1 heterocycles. The molecule has 1 N–H and O–H groups in total. The number of nitrogens with zero attached hydrogens (tertiary/aromatic N) is 3. The zero-order valence-corrected chi connectivity index (χ0v) is 19.2. The van der Waals surface area contributed by atoms with Gasteiger partial charge < -0.3 is 15.1 Å². The fourth-order valence-corrected chi connectivity index (χ4v) is 4.23. The molecule has 1 aliphatic heterocycles. The zero-order valence-electron chi connectivity index (χ0n) is 19.2. The van der Waals surface area contributed by atoms with Gasteiger partial charge in [-0.3, -0.25) is 9.69 Å². The highest BCUT2D eigenvalue weighted by molar-refractivity contribution is 5.94. The minimum absolute atomic E-state index is 0.0925. The molecule has 0 aliphatic carbocycles. The van der Waals surface area contributed by atoms with Gasteiger partial charge in [-0.1, -0.05) is 44.2 Å². The first kappa shape index (κ1) is 23.7. The Morgan fingerprint density at radius 3 is 2.25 bits per heavy atom. The van der Waals surface area contributed by atoms with Crippen LogP contribution in [0.2, 0.25) is 0 Å². The van der Waals surface area contributed by atoms with Crippen molar-refractivity contribution in [2.75, 3.05) is 50.7 Å². The Morgan fingerprint density at radius 1 is 1.03 bits per heavy atom. The normalized spacial score (nSPS) is 15.0. The summed E-state index contributed by atoms with van der Waals surface area (Å²) in [7, 11) is 0. The quantitative estimate of drug-likeness (QED) is 0.632. The number of hydrogen-bond acceptors (Lipinski definition) is 4. The molecule has 7 heteroatoms. The third-order valence-electron chi connectivity index (χ3n) is 6.15. The van der Waals surface area contributed by atoms with Crippen LogP contribution in [0.1, 0.15) is 42.7 Å². The van der Waals surface area contributed by atoms with Crippen LogP contribution in [0.15, 0.2) is 48.5 Å². The third kappa shape index (κ3) is 5.65. The number of carbonyl (C=O) groups excluding carboxylic acids is 2. The summed E-state index contributed by atoms with van der Waals surface area (Å²) in [4.78, 5) is 30.3. The molecular weight excluding hydrogens is 407 g/mol. The molecule has 6 nitrogen and oxygen atoms in total. The van der Waals surface area contributed by atoms with Gasteiger partial charge in [0.1, 0.15) is 5.82 Å². The van der Waals surface area contributed by atoms with Gasteiger partial charge in [0.2, 0.25) is 0 Å². The van der Waals surface area contributed by atoms with Crippen LogP contribution in [0, 0.1) is 5.82 Å². The second kappa shape index (κ2) is 11.1. The fraction of sp³-hybridized carbons (Fsp3) is 0.440. The maximum absolute atomic E-state index is 14.5. The molecule has 1 unspecified atom stereocenters. The number of nitrogens with one attached hydrogen (secondary N) is 1. The van der Waals surface area contributed by atoms with Gasteiger partial charge in [0.25, 0.3) is 0 Å². The van der Waals surface area contributed by atoms with E-state index in [1.165, 1.54) is 18.6 Å². The van der Waals surface area contributed by atoms with Crippen molar-refractivity contribution >= 4 is 17.5 Å². The summed E-state index contributed by atoms with van der Waals surface area (Å²) < 4.78 is 14.5. The van der Waals surface area contributed by atoms with E-state index in [1.807, 2.05) is 23.1 Å². The molecule has 0 saturated carbocycles. The number of carbonyl (C=O) groups is 2. The van der Waals surface area contributed by atoms with E-state index < -0.39 is 5.82 Å². The van der Waals surface area contributed by atoms with Gasteiger partial charge in [-0.15, -0.1) is 0 Å². The Bertz CT molecular complexity index is 909. The zero-order chi connectivity index (χ0) is 23.1. The van der Waals surface area contributed by atoms with E-state index in [-0.39, 0.29) is 17.9 Å². The molecule has 32 heavy (non-hydrogen) atoms. The van der Waals surface area contributed by atoms with Gasteiger partial charge in [0, 0.05) is 38.3 Å². The number of anilines is 1. The first-order chi connectivity index (χ1) is 15.4. The molecule has 1 fully saturated rings. The first-order valence-corrected chi connectivity index (χ1v) is 11.3. The molecule has 1 aliphatic rings. The maximum Gasteiger partial charge on any atom is 0.317 e. The average molecular weight is 441 g/mol. The summed E-state index contributed by atoms with van der Waals surface area (Å²) in [5.74, 6) is -0.559. The summed E-state index contributed by atoms with van der Waals surface area (Å²) in [6, 6.07) is 14.8. The molecule has 2 aromatic carbocycles. The average Bonchev–Trinajstić information content (AvgIpc) is 2.82. The van der Waals surface area contributed by atoms with Crippen LogP contribution < -0.4 is 10.2 Å². The van der Waals surface area contributed by atoms with Crippen molar-refractivity contribution in [3.8, 4) is 0 Å². The van der Waals surface area contributed by atoms with Crippen LogP contribution in [0.5, 0.6) is 0 Å². The Balaban J connectivity index is 1.57. The molecule has 2 amide bonds. The van der Waals surface area contributed by atoms with Crippen LogP contribution >= 0.6 is 0 Å². The number of benzene rings is 2. The van der Waals surface area contributed by atoms with Gasteiger partial charge in [-0.25, -0.2) is 9.18 Å². The van der Waals surface area contributed by atoms with Crippen molar-refractivity contribution in [1.82, 2.24) is 15.1 Å². The second-order valence-electron chi connectivity index (χ2n) is 8.03. The maximum atomic E-state index is 14.5. The molecule has 172 valence electrons. The van der Waals surface area contributed by atoms with Gasteiger partial charge >= 0.3 is 6.03 Å². The predicted octanol–water partition coefficient (Wildman–Crippen LogP) is 3.94. The van der Waals surface area contributed by atoms with Gasteiger partial charge in [-0.2, -0.15) is 0 Å². The Hall–Kier alpha value is -2.93. The van der Waals surface area contributed by atoms with Crippen molar-refractivity contribution in [2.45, 2.75) is 26.8 Å². The van der Waals surface area contributed by atoms with E-state index in [4.69, 9.17) is 0 Å². The minimum atomic E-state index is -0.402. The summed E-state index contributed by atoms with van der Waals surface area (Å²) in [5, 5.41) is 3.10. The monoisotopic (exact) mass is 440 g/mol. The molecule has 0 spiro atoms. The fourth-order valence-electron chi connectivity index (χ4n) is 4.23. The van der Waals surface area contributed by atoms with Crippen molar-refractivity contribution in [2.24, 2.45) is 0 Å². The smallest absolute Gasteiger partial charge is 0.317 e. The molecule has 1 atom stereocenters. The minimum Gasteiger partial charge on any atom is -0.366 e. The lowest BCUT2D eigenvalue weighted by Gasteiger charge is -2.37. The van der Waals surface area contributed by atoms with Crippen molar-refractivity contribution in [3.63, 3.8) is 0 Å². The van der Waals surface area contributed by atoms with Gasteiger partial charge in [0.05, 0.1) is 11.7 Å². The number of Topliss-reactive ketones (excluding diaryl/α,β-unsaturated/α-hetero) is 1. The predicted molar refractivity (Wildman–Crippen MR) is 126 cm³/mol. The van der Waals surface area contributed by atoms with E-state index in [0.717, 1.165) is 13.1 Å². The van der Waals surface area contributed by atoms with E-state index >= 15 is 0 Å². The lowest BCUT2D eigenvalue weighted by molar-refractivity contribution is 0.101. The second-order valence-corrected chi connectivity index (χ2v) is 8.03. The first-order valence-electron chi connectivity index (χ1n) is 11.3. The largest absolute Gasteiger partial charge is 0.366 e. The highest BCUT2D eigenvalue weighted by Crippen LogP contribution is 2.23. The molecule has 1 saturated heterocycles. The SMILES string of the molecule is CCN(CC)C(CNC(=O)N1CCN(c2ccc(C(C)=O)cc2F)CC1)c1ccccc1. The molecule has 0 bridgehead atoms. The van der Waals surface area contributed by atoms with Crippen molar-refractivity contribution in [1.29, 1.82) is 0 Å². The summed E-state index contributed by atoms with van der Waals surface area (Å²) in [6.07, 6.45) is 0. The number of ketones is 1. The summed E-state index contributed by atoms with van der Waals surface area (Å²) in [6.45, 7) is 10.1. The molecule has 0 aromatic heterocycles.